The molecule has 0 aliphatic carbocycles. The predicted octanol–water partition coefficient (Wildman–Crippen LogP) is 3.62. The van der Waals surface area contributed by atoms with E-state index in [4.69, 9.17) is 9.15 Å². The van der Waals surface area contributed by atoms with Gasteiger partial charge >= 0.3 is 0 Å². The van der Waals surface area contributed by atoms with Crippen LogP contribution in [0.4, 0.5) is 0 Å². The molecule has 1 aromatic carbocycles. The van der Waals surface area contributed by atoms with Crippen LogP contribution in [-0.4, -0.2) is 32.8 Å². The maximum atomic E-state index is 13.0. The number of furan rings is 1. The third kappa shape index (κ3) is 3.28. The molecule has 0 spiro atoms. The van der Waals surface area contributed by atoms with Gasteiger partial charge in [-0.05, 0) is 60.5 Å². The highest BCUT2D eigenvalue weighted by molar-refractivity contribution is 6.46. The van der Waals surface area contributed by atoms with Gasteiger partial charge in [-0.1, -0.05) is 0 Å². The molecule has 2 aliphatic heterocycles. The van der Waals surface area contributed by atoms with Crippen molar-refractivity contribution in [2.75, 3.05) is 0 Å². The molecule has 2 atom stereocenters. The zero-order chi connectivity index (χ0) is 21.5. The maximum absolute atomic E-state index is 13.0. The van der Waals surface area contributed by atoms with Crippen molar-refractivity contribution in [1.82, 2.24) is 9.88 Å². The second kappa shape index (κ2) is 7.43. The van der Waals surface area contributed by atoms with Crippen molar-refractivity contribution in [1.29, 1.82) is 0 Å². The van der Waals surface area contributed by atoms with Gasteiger partial charge in [0.1, 0.15) is 29.4 Å². The van der Waals surface area contributed by atoms with Crippen LogP contribution in [0.1, 0.15) is 35.4 Å². The average molecular weight is 416 g/mol. The number of hydrogen-bond acceptors (Lipinski definition) is 6. The number of ether oxygens (including phenoxy) is 1. The molecule has 1 N–H and O–H groups in total. The van der Waals surface area contributed by atoms with Crippen LogP contribution in [-0.2, 0) is 22.6 Å². The van der Waals surface area contributed by atoms with Crippen LogP contribution in [0.3, 0.4) is 0 Å². The highest BCUT2D eigenvalue weighted by Gasteiger charge is 2.47. The molecule has 2 aliphatic rings. The summed E-state index contributed by atoms with van der Waals surface area (Å²) in [5, 5.41) is 11.1. The topological polar surface area (TPSA) is 92.9 Å². The van der Waals surface area contributed by atoms with Gasteiger partial charge in [0.2, 0.25) is 0 Å². The van der Waals surface area contributed by atoms with Crippen molar-refractivity contribution < 1.29 is 23.8 Å². The van der Waals surface area contributed by atoms with Gasteiger partial charge in [-0.3, -0.25) is 14.6 Å². The van der Waals surface area contributed by atoms with E-state index in [0.717, 1.165) is 16.9 Å². The number of ketones is 1. The molecule has 0 bridgehead atoms. The second-order valence-corrected chi connectivity index (χ2v) is 7.75. The molecule has 1 fully saturated rings. The van der Waals surface area contributed by atoms with Gasteiger partial charge in [-0.25, -0.2) is 0 Å². The lowest BCUT2D eigenvalue weighted by molar-refractivity contribution is -0.140. The second-order valence-electron chi connectivity index (χ2n) is 7.75. The Kier molecular flexibility index (Phi) is 4.58. The predicted molar refractivity (Wildman–Crippen MR) is 111 cm³/mol. The minimum Gasteiger partial charge on any atom is -0.507 e. The van der Waals surface area contributed by atoms with E-state index in [0.29, 0.717) is 17.7 Å². The lowest BCUT2D eigenvalue weighted by Crippen LogP contribution is -2.29. The van der Waals surface area contributed by atoms with Crippen molar-refractivity contribution in [3.05, 3.63) is 89.1 Å². The molecule has 1 saturated heterocycles. The summed E-state index contributed by atoms with van der Waals surface area (Å²) in [4.78, 5) is 31.4. The number of carbonyl (C=O) groups is 2. The molecule has 0 radical (unpaired) electrons. The fourth-order valence-electron chi connectivity index (χ4n) is 4.20. The zero-order valence-corrected chi connectivity index (χ0v) is 16.8. The normalized spacial score (nSPS) is 21.9. The Balaban J connectivity index is 1.60. The molecule has 1 amide bonds. The highest BCUT2D eigenvalue weighted by atomic mass is 16.5. The molecule has 31 heavy (non-hydrogen) atoms. The lowest BCUT2D eigenvalue weighted by atomic mass is 9.97. The van der Waals surface area contributed by atoms with Gasteiger partial charge in [0.15, 0.2) is 0 Å². The van der Waals surface area contributed by atoms with E-state index >= 15 is 0 Å². The summed E-state index contributed by atoms with van der Waals surface area (Å²) in [6.45, 7) is 2.16. The smallest absolute Gasteiger partial charge is 0.296 e. The summed E-state index contributed by atoms with van der Waals surface area (Å²) >= 11 is 0. The summed E-state index contributed by atoms with van der Waals surface area (Å²) in [6.07, 6.45) is 5.51. The maximum Gasteiger partial charge on any atom is 0.296 e. The summed E-state index contributed by atoms with van der Waals surface area (Å²) in [7, 11) is 0. The molecule has 156 valence electrons. The highest BCUT2D eigenvalue weighted by Crippen LogP contribution is 2.41. The number of aliphatic hydroxyl groups is 1. The first-order chi connectivity index (χ1) is 15.0. The zero-order valence-electron chi connectivity index (χ0n) is 16.8. The molecular weight excluding hydrogens is 396 g/mol. The number of Topliss-reactive ketones (excluding diaryl/α,β-unsaturated/α-hetero) is 1. The van der Waals surface area contributed by atoms with Crippen molar-refractivity contribution in [2.45, 2.75) is 32.0 Å². The number of hydrogen-bond donors (Lipinski definition) is 1. The van der Waals surface area contributed by atoms with Crippen LogP contribution in [0.15, 0.2) is 71.1 Å². The van der Waals surface area contributed by atoms with E-state index < -0.39 is 17.7 Å². The molecule has 5 rings (SSSR count). The molecule has 7 nitrogen and oxygen atoms in total. The van der Waals surface area contributed by atoms with Gasteiger partial charge in [0.25, 0.3) is 11.7 Å². The van der Waals surface area contributed by atoms with Crippen molar-refractivity contribution in [2.24, 2.45) is 0 Å². The third-order valence-electron chi connectivity index (χ3n) is 5.62. The molecule has 0 saturated carbocycles. The Morgan fingerprint density at radius 2 is 2.00 bits per heavy atom. The SMILES string of the molecule is C[C@H]1Cc2cc(C(O)=C3C(=O)C(=O)N(Cc4ccncc4)[C@@H]3c3ccco3)ccc2O1. The van der Waals surface area contributed by atoms with Gasteiger partial charge in [0.05, 0.1) is 11.8 Å². The van der Waals surface area contributed by atoms with Crippen molar-refractivity contribution in [3.63, 3.8) is 0 Å². The first kappa shape index (κ1) is 19.1. The Morgan fingerprint density at radius 1 is 1.19 bits per heavy atom. The van der Waals surface area contributed by atoms with Gasteiger partial charge in [-0.15, -0.1) is 0 Å². The van der Waals surface area contributed by atoms with Crippen LogP contribution in [0, 0.1) is 0 Å². The quantitative estimate of drug-likeness (QED) is 0.397. The van der Waals surface area contributed by atoms with Crippen molar-refractivity contribution in [3.8, 4) is 5.75 Å². The van der Waals surface area contributed by atoms with Crippen LogP contribution < -0.4 is 4.74 Å². The number of aliphatic hydroxyl groups excluding tert-OH is 1. The summed E-state index contributed by atoms with van der Waals surface area (Å²) < 4.78 is 11.3. The average Bonchev–Trinajstić information content (AvgIpc) is 3.48. The summed E-state index contributed by atoms with van der Waals surface area (Å²) in [5.74, 6) is -0.465. The number of benzene rings is 1. The minimum absolute atomic E-state index is 0.0147. The molecule has 2 aromatic heterocycles. The van der Waals surface area contributed by atoms with Crippen LogP contribution in [0.5, 0.6) is 5.75 Å². The summed E-state index contributed by atoms with van der Waals surface area (Å²) in [6, 6.07) is 11.4. The van der Waals surface area contributed by atoms with E-state index in [1.54, 1.807) is 48.8 Å². The number of amides is 1. The van der Waals surface area contributed by atoms with Gasteiger partial charge in [-0.2, -0.15) is 0 Å². The van der Waals surface area contributed by atoms with Crippen molar-refractivity contribution >= 4 is 17.4 Å². The van der Waals surface area contributed by atoms with Crippen LogP contribution >= 0.6 is 0 Å². The first-order valence-electron chi connectivity index (χ1n) is 10.0. The Hall–Kier alpha value is -3.87. The number of nitrogens with zero attached hydrogens (tertiary/aromatic N) is 2. The molecule has 7 heteroatoms. The number of carbonyl (C=O) groups excluding carboxylic acids is 2. The molecular formula is C24H20N2O5. The number of rotatable bonds is 4. The largest absolute Gasteiger partial charge is 0.507 e. The van der Waals surface area contributed by atoms with E-state index in [-0.39, 0.29) is 24.0 Å². The monoisotopic (exact) mass is 416 g/mol. The first-order valence-corrected chi connectivity index (χ1v) is 10.0. The minimum atomic E-state index is -0.827. The molecule has 4 heterocycles. The standard InChI is InChI=1S/C24H20N2O5/c1-14-11-17-12-16(4-5-18(17)31-14)22(27)20-21(19-3-2-10-30-19)26(24(29)23(20)28)13-15-6-8-25-9-7-15/h2-10,12,14,21,27H,11,13H2,1H3/t14-,21+/m0/s1. The number of likely N-dealkylation sites (tertiary alicyclic amines) is 1. The van der Waals surface area contributed by atoms with E-state index in [1.807, 2.05) is 13.0 Å². The lowest BCUT2D eigenvalue weighted by Gasteiger charge is -2.23. The Labute approximate surface area is 178 Å². The molecule has 0 unspecified atom stereocenters. The number of aromatic nitrogens is 1. The van der Waals surface area contributed by atoms with Gasteiger partial charge < -0.3 is 19.2 Å². The fourth-order valence-corrected chi connectivity index (χ4v) is 4.20. The van der Waals surface area contributed by atoms with E-state index in [1.165, 1.54) is 11.2 Å². The third-order valence-corrected chi connectivity index (χ3v) is 5.62. The Morgan fingerprint density at radius 3 is 2.74 bits per heavy atom. The van der Waals surface area contributed by atoms with Crippen LogP contribution in [0.25, 0.3) is 5.76 Å². The van der Waals surface area contributed by atoms with E-state index in [9.17, 15) is 14.7 Å². The fraction of sp³-hybridized carbons (Fsp3) is 0.208. The van der Waals surface area contributed by atoms with Gasteiger partial charge in [0, 0.05) is 30.9 Å². The van der Waals surface area contributed by atoms with Crippen LogP contribution in [0.2, 0.25) is 0 Å². The Bertz CT molecular complexity index is 1180. The van der Waals surface area contributed by atoms with E-state index in [2.05, 4.69) is 4.98 Å². The number of fused-ring (bicyclic) bond motifs is 1. The number of pyridine rings is 1. The molecule has 3 aromatic rings. The summed E-state index contributed by atoms with van der Waals surface area (Å²) in [5.41, 5.74) is 2.25.